The summed E-state index contributed by atoms with van der Waals surface area (Å²) in [5, 5.41) is 4.36. The number of amides is 2. The molecule has 2 amide bonds. The lowest BCUT2D eigenvalue weighted by Gasteiger charge is -2.36. The molecule has 0 aromatic carbocycles. The second-order valence-corrected chi connectivity index (χ2v) is 8.55. The van der Waals surface area contributed by atoms with Crippen molar-refractivity contribution in [1.29, 1.82) is 0 Å². The van der Waals surface area contributed by atoms with Crippen LogP contribution >= 0.6 is 0 Å². The molecular formula is C21H32N6O2. The molecule has 0 saturated carbocycles. The number of rotatable bonds is 5. The summed E-state index contributed by atoms with van der Waals surface area (Å²) in [5.74, 6) is 6.98. The molecule has 3 saturated heterocycles. The molecule has 1 unspecified atom stereocenters. The Morgan fingerprint density at radius 1 is 1.03 bits per heavy atom. The second kappa shape index (κ2) is 9.19. The molecule has 1 aromatic rings. The molecule has 1 atom stereocenters. The van der Waals surface area contributed by atoms with Gasteiger partial charge in [-0.15, -0.1) is 0 Å². The number of anilines is 1. The number of imide groups is 1. The minimum Gasteiger partial charge on any atom is -0.354 e. The molecule has 4 rings (SSSR count). The zero-order valence-corrected chi connectivity index (χ0v) is 17.1. The van der Waals surface area contributed by atoms with E-state index >= 15 is 0 Å². The molecule has 4 heterocycles. The summed E-state index contributed by atoms with van der Waals surface area (Å²) < 4.78 is 0. The van der Waals surface area contributed by atoms with E-state index in [9.17, 15) is 9.59 Å². The summed E-state index contributed by atoms with van der Waals surface area (Å²) in [7, 11) is 0. The number of hydrogen-bond acceptors (Lipinski definition) is 7. The van der Waals surface area contributed by atoms with Crippen LogP contribution in [-0.2, 0) is 9.59 Å². The van der Waals surface area contributed by atoms with Crippen molar-refractivity contribution in [1.82, 2.24) is 20.2 Å². The van der Waals surface area contributed by atoms with Gasteiger partial charge in [0.25, 0.3) is 0 Å². The SMILES string of the molecule is NN1CCC(CCN2CCN(c3ccc(C4CCC(=O)NC4=O)cn3)CC2)CC1. The average molecular weight is 401 g/mol. The van der Waals surface area contributed by atoms with Crippen molar-refractivity contribution in [2.75, 3.05) is 50.7 Å². The zero-order valence-electron chi connectivity index (χ0n) is 17.1. The van der Waals surface area contributed by atoms with Crippen LogP contribution in [0, 0.1) is 5.92 Å². The van der Waals surface area contributed by atoms with Gasteiger partial charge >= 0.3 is 0 Å². The highest BCUT2D eigenvalue weighted by molar-refractivity contribution is 6.00. The monoisotopic (exact) mass is 400 g/mol. The Morgan fingerprint density at radius 3 is 2.45 bits per heavy atom. The van der Waals surface area contributed by atoms with Crippen molar-refractivity contribution in [3.05, 3.63) is 23.9 Å². The van der Waals surface area contributed by atoms with E-state index < -0.39 is 0 Å². The van der Waals surface area contributed by atoms with Crippen LogP contribution in [0.15, 0.2) is 18.3 Å². The van der Waals surface area contributed by atoms with Crippen LogP contribution in [-0.4, -0.2) is 72.5 Å². The maximum Gasteiger partial charge on any atom is 0.234 e. The Labute approximate surface area is 172 Å². The van der Waals surface area contributed by atoms with Crippen LogP contribution < -0.4 is 16.1 Å². The Balaban J connectivity index is 1.23. The third kappa shape index (κ3) is 5.12. The summed E-state index contributed by atoms with van der Waals surface area (Å²) in [6, 6.07) is 3.99. The highest BCUT2D eigenvalue weighted by atomic mass is 16.2. The smallest absolute Gasteiger partial charge is 0.234 e. The number of hydrogen-bond donors (Lipinski definition) is 2. The van der Waals surface area contributed by atoms with Gasteiger partial charge in [0.15, 0.2) is 0 Å². The summed E-state index contributed by atoms with van der Waals surface area (Å²) in [6.45, 7) is 7.31. The molecule has 0 bridgehead atoms. The molecule has 158 valence electrons. The molecule has 3 aliphatic heterocycles. The maximum atomic E-state index is 12.0. The molecular weight excluding hydrogens is 368 g/mol. The molecule has 1 aromatic heterocycles. The summed E-state index contributed by atoms with van der Waals surface area (Å²) in [4.78, 5) is 32.8. The molecule has 0 aliphatic carbocycles. The number of carbonyl (C=O) groups is 2. The molecule has 0 radical (unpaired) electrons. The lowest BCUT2D eigenvalue weighted by Crippen LogP contribution is -2.47. The number of pyridine rings is 1. The largest absolute Gasteiger partial charge is 0.354 e. The number of nitrogens with two attached hydrogens (primary N) is 1. The summed E-state index contributed by atoms with van der Waals surface area (Å²) in [6.07, 6.45) is 6.47. The fourth-order valence-electron chi connectivity index (χ4n) is 4.61. The van der Waals surface area contributed by atoms with Gasteiger partial charge in [0, 0.05) is 51.9 Å². The van der Waals surface area contributed by atoms with Crippen LogP contribution in [0.1, 0.15) is 43.6 Å². The molecule has 3 N–H and O–H groups in total. The number of hydrazine groups is 1. The van der Waals surface area contributed by atoms with E-state index in [0.29, 0.717) is 12.8 Å². The highest BCUT2D eigenvalue weighted by Crippen LogP contribution is 2.26. The van der Waals surface area contributed by atoms with E-state index in [4.69, 9.17) is 5.84 Å². The lowest BCUT2D eigenvalue weighted by atomic mass is 9.92. The van der Waals surface area contributed by atoms with Crippen molar-refractivity contribution in [3.63, 3.8) is 0 Å². The molecule has 8 heteroatoms. The molecule has 29 heavy (non-hydrogen) atoms. The number of nitrogens with zero attached hydrogens (tertiary/aromatic N) is 4. The maximum absolute atomic E-state index is 12.0. The topological polar surface area (TPSA) is 94.8 Å². The highest BCUT2D eigenvalue weighted by Gasteiger charge is 2.28. The fourth-order valence-corrected chi connectivity index (χ4v) is 4.61. The van der Waals surface area contributed by atoms with Crippen LogP contribution in [0.2, 0.25) is 0 Å². The van der Waals surface area contributed by atoms with Crippen LogP contribution in [0.25, 0.3) is 0 Å². The first-order valence-electron chi connectivity index (χ1n) is 10.8. The van der Waals surface area contributed by atoms with Crippen molar-refractivity contribution >= 4 is 17.6 Å². The van der Waals surface area contributed by atoms with Gasteiger partial charge in [-0.25, -0.2) is 9.99 Å². The van der Waals surface area contributed by atoms with Gasteiger partial charge in [-0.05, 0) is 49.8 Å². The predicted molar refractivity (Wildman–Crippen MR) is 111 cm³/mol. The Hall–Kier alpha value is -2.03. The molecule has 3 aliphatic rings. The minimum atomic E-state index is -0.266. The Bertz CT molecular complexity index is 708. The normalized spacial score (nSPS) is 25.3. The quantitative estimate of drug-likeness (QED) is 0.555. The number of aromatic nitrogens is 1. The van der Waals surface area contributed by atoms with Gasteiger partial charge in [-0.1, -0.05) is 6.07 Å². The zero-order chi connectivity index (χ0) is 20.2. The first-order valence-corrected chi connectivity index (χ1v) is 10.8. The number of piperidine rings is 2. The van der Waals surface area contributed by atoms with Gasteiger partial charge in [-0.3, -0.25) is 25.6 Å². The second-order valence-electron chi connectivity index (χ2n) is 8.55. The standard InChI is InChI=1S/C21H32N6O2/c22-27-9-6-16(7-10-27)5-8-25-11-13-26(14-12-25)19-3-1-17(15-23-19)18-2-4-20(28)24-21(18)29/h1,3,15-16,18H,2,4-14,22H2,(H,24,28,29). The Kier molecular flexibility index (Phi) is 6.42. The summed E-state index contributed by atoms with van der Waals surface area (Å²) >= 11 is 0. The van der Waals surface area contributed by atoms with Gasteiger partial charge < -0.3 is 4.90 Å². The van der Waals surface area contributed by atoms with E-state index in [0.717, 1.165) is 56.6 Å². The average Bonchev–Trinajstić information content (AvgIpc) is 2.74. The van der Waals surface area contributed by atoms with Gasteiger partial charge in [0.2, 0.25) is 11.8 Å². The van der Waals surface area contributed by atoms with Gasteiger partial charge in [0.1, 0.15) is 5.82 Å². The van der Waals surface area contributed by atoms with Crippen LogP contribution in [0.4, 0.5) is 5.82 Å². The molecule has 8 nitrogen and oxygen atoms in total. The van der Waals surface area contributed by atoms with Gasteiger partial charge in [0.05, 0.1) is 5.92 Å². The van der Waals surface area contributed by atoms with Crippen molar-refractivity contribution in [3.8, 4) is 0 Å². The van der Waals surface area contributed by atoms with Crippen LogP contribution in [0.3, 0.4) is 0 Å². The van der Waals surface area contributed by atoms with Crippen molar-refractivity contribution in [2.45, 2.75) is 38.0 Å². The number of nitrogens with one attached hydrogen (secondary N) is 1. The van der Waals surface area contributed by atoms with Crippen molar-refractivity contribution in [2.24, 2.45) is 11.8 Å². The third-order valence-corrected chi connectivity index (χ3v) is 6.61. The first-order chi connectivity index (χ1) is 14.1. The van der Waals surface area contributed by atoms with E-state index in [1.54, 1.807) is 6.20 Å². The number of piperazine rings is 1. The van der Waals surface area contributed by atoms with Crippen LogP contribution in [0.5, 0.6) is 0 Å². The summed E-state index contributed by atoms with van der Waals surface area (Å²) in [5.41, 5.74) is 0.890. The minimum absolute atomic E-state index is 0.182. The fraction of sp³-hybridized carbons (Fsp3) is 0.667. The Morgan fingerprint density at radius 2 is 1.79 bits per heavy atom. The predicted octanol–water partition coefficient (Wildman–Crippen LogP) is 0.700. The van der Waals surface area contributed by atoms with Gasteiger partial charge in [-0.2, -0.15) is 0 Å². The molecule has 3 fully saturated rings. The van der Waals surface area contributed by atoms with E-state index in [2.05, 4.69) is 20.1 Å². The van der Waals surface area contributed by atoms with E-state index in [-0.39, 0.29) is 17.7 Å². The molecule has 0 spiro atoms. The first kappa shape index (κ1) is 20.3. The lowest BCUT2D eigenvalue weighted by molar-refractivity contribution is -0.134. The van der Waals surface area contributed by atoms with Crippen molar-refractivity contribution < 1.29 is 9.59 Å². The van der Waals surface area contributed by atoms with E-state index in [1.165, 1.54) is 25.8 Å². The third-order valence-electron chi connectivity index (χ3n) is 6.61. The number of carbonyl (C=O) groups excluding carboxylic acids is 2. The van der Waals surface area contributed by atoms with E-state index in [1.807, 2.05) is 17.1 Å².